The molecule has 1 aromatic heterocycles. The Hall–Kier alpha value is -1.57. The largest absolute Gasteiger partial charge is 0.330 e. The zero-order chi connectivity index (χ0) is 13.1. The highest BCUT2D eigenvalue weighted by Gasteiger charge is 2.13. The smallest absolute Gasteiger partial charge is 0.271 e. The van der Waals surface area contributed by atoms with Gasteiger partial charge in [0.25, 0.3) is 5.69 Å². The Morgan fingerprint density at radius 3 is 2.83 bits per heavy atom. The van der Waals surface area contributed by atoms with Crippen LogP contribution in [-0.4, -0.2) is 21.7 Å². The number of halogens is 1. The zero-order valence-electron chi connectivity index (χ0n) is 9.17. The Labute approximate surface area is 112 Å². The van der Waals surface area contributed by atoms with Crippen LogP contribution < -0.4 is 5.73 Å². The Morgan fingerprint density at radius 2 is 2.17 bits per heavy atom. The van der Waals surface area contributed by atoms with Crippen LogP contribution >= 0.6 is 22.9 Å². The predicted molar refractivity (Wildman–Crippen MR) is 69.8 cm³/mol. The minimum atomic E-state index is -0.489. The summed E-state index contributed by atoms with van der Waals surface area (Å²) in [4.78, 5) is 10.3. The molecule has 0 atom stereocenters. The molecule has 0 spiro atoms. The van der Waals surface area contributed by atoms with Crippen molar-refractivity contribution in [3.63, 3.8) is 0 Å². The average Bonchev–Trinajstić information content (AvgIpc) is 2.77. The molecule has 0 aliphatic rings. The van der Waals surface area contributed by atoms with Crippen molar-refractivity contribution in [2.24, 2.45) is 5.73 Å². The van der Waals surface area contributed by atoms with E-state index in [-0.39, 0.29) is 5.69 Å². The van der Waals surface area contributed by atoms with E-state index in [0.29, 0.717) is 28.6 Å². The molecule has 1 heterocycles. The monoisotopic (exact) mass is 284 g/mol. The van der Waals surface area contributed by atoms with Crippen molar-refractivity contribution in [1.29, 1.82) is 0 Å². The molecule has 94 valence electrons. The van der Waals surface area contributed by atoms with E-state index in [9.17, 15) is 10.1 Å². The zero-order valence-corrected chi connectivity index (χ0v) is 10.7. The third kappa shape index (κ3) is 2.81. The van der Waals surface area contributed by atoms with Gasteiger partial charge in [-0.05, 0) is 12.6 Å². The summed E-state index contributed by atoms with van der Waals surface area (Å²) in [7, 11) is 0. The maximum atomic E-state index is 10.7. The second-order valence-electron chi connectivity index (χ2n) is 3.49. The summed E-state index contributed by atoms with van der Waals surface area (Å²) in [5.74, 6) is 0. The van der Waals surface area contributed by atoms with Gasteiger partial charge in [0.1, 0.15) is 10.0 Å². The summed E-state index contributed by atoms with van der Waals surface area (Å²) in [6.07, 6.45) is 0.639. The second-order valence-corrected chi connectivity index (χ2v) is 4.99. The molecule has 0 saturated carbocycles. The summed E-state index contributed by atoms with van der Waals surface area (Å²) in [6, 6.07) is 4.35. The van der Waals surface area contributed by atoms with Gasteiger partial charge in [0.15, 0.2) is 0 Å². The maximum absolute atomic E-state index is 10.7. The number of benzene rings is 1. The van der Waals surface area contributed by atoms with E-state index in [1.807, 2.05) is 0 Å². The number of hydrogen-bond acceptors (Lipinski definition) is 6. The highest BCUT2D eigenvalue weighted by molar-refractivity contribution is 7.14. The van der Waals surface area contributed by atoms with Crippen molar-refractivity contribution >= 4 is 28.6 Å². The van der Waals surface area contributed by atoms with Gasteiger partial charge < -0.3 is 5.73 Å². The first-order valence-electron chi connectivity index (χ1n) is 5.08. The molecule has 0 saturated heterocycles. The number of rotatable bonds is 4. The van der Waals surface area contributed by atoms with Gasteiger partial charge >= 0.3 is 0 Å². The lowest BCUT2D eigenvalue weighted by Crippen LogP contribution is -2.01. The minimum absolute atomic E-state index is 0.0620. The fourth-order valence-corrected chi connectivity index (χ4v) is 2.47. The third-order valence-electron chi connectivity index (χ3n) is 2.17. The molecule has 0 unspecified atom stereocenters. The lowest BCUT2D eigenvalue weighted by Gasteiger charge is -1.97. The normalized spacial score (nSPS) is 10.6. The van der Waals surface area contributed by atoms with Gasteiger partial charge in [-0.2, -0.15) is 0 Å². The first-order chi connectivity index (χ1) is 8.60. The van der Waals surface area contributed by atoms with Crippen LogP contribution in [0.15, 0.2) is 18.2 Å². The van der Waals surface area contributed by atoms with E-state index in [1.165, 1.54) is 23.5 Å². The summed E-state index contributed by atoms with van der Waals surface area (Å²) in [5, 5.41) is 20.4. The van der Waals surface area contributed by atoms with Crippen molar-refractivity contribution in [3.05, 3.63) is 38.3 Å². The standard InChI is InChI=1S/C10H9ClN4O2S/c11-7-3-6(4-8(5-7)15(16)17)10-14-13-9(18-10)1-2-12/h3-5H,1-2,12H2. The Bertz CT molecular complexity index is 587. The van der Waals surface area contributed by atoms with Crippen LogP contribution in [-0.2, 0) is 6.42 Å². The molecular formula is C10H9ClN4O2S. The Morgan fingerprint density at radius 1 is 1.39 bits per heavy atom. The van der Waals surface area contributed by atoms with E-state index in [4.69, 9.17) is 17.3 Å². The van der Waals surface area contributed by atoms with Crippen LogP contribution in [0.4, 0.5) is 5.69 Å². The van der Waals surface area contributed by atoms with Crippen LogP contribution in [0, 0.1) is 10.1 Å². The maximum Gasteiger partial charge on any atom is 0.271 e. The van der Waals surface area contributed by atoms with Gasteiger partial charge in [-0.3, -0.25) is 10.1 Å². The van der Waals surface area contributed by atoms with E-state index < -0.39 is 4.92 Å². The highest BCUT2D eigenvalue weighted by Crippen LogP contribution is 2.30. The van der Waals surface area contributed by atoms with Crippen molar-refractivity contribution in [2.75, 3.05) is 6.54 Å². The van der Waals surface area contributed by atoms with Crippen LogP contribution in [0.3, 0.4) is 0 Å². The first-order valence-corrected chi connectivity index (χ1v) is 6.27. The molecule has 2 rings (SSSR count). The van der Waals surface area contributed by atoms with E-state index in [1.54, 1.807) is 6.07 Å². The van der Waals surface area contributed by atoms with Gasteiger partial charge in [0.05, 0.1) is 4.92 Å². The molecule has 8 heteroatoms. The molecule has 2 N–H and O–H groups in total. The Kier molecular flexibility index (Phi) is 3.85. The molecule has 0 bridgehead atoms. The molecule has 1 aromatic carbocycles. The highest BCUT2D eigenvalue weighted by atomic mass is 35.5. The second kappa shape index (κ2) is 5.38. The molecule has 0 amide bonds. The molecule has 6 nitrogen and oxygen atoms in total. The number of nitro groups is 1. The van der Waals surface area contributed by atoms with Crippen molar-refractivity contribution < 1.29 is 4.92 Å². The van der Waals surface area contributed by atoms with Crippen molar-refractivity contribution in [3.8, 4) is 10.6 Å². The fourth-order valence-electron chi connectivity index (χ4n) is 1.40. The van der Waals surface area contributed by atoms with Crippen LogP contribution in [0.2, 0.25) is 5.02 Å². The minimum Gasteiger partial charge on any atom is -0.330 e. The third-order valence-corrected chi connectivity index (χ3v) is 3.42. The summed E-state index contributed by atoms with van der Waals surface area (Å²) in [6.45, 7) is 0.490. The molecular weight excluding hydrogens is 276 g/mol. The molecule has 0 aliphatic carbocycles. The lowest BCUT2D eigenvalue weighted by atomic mass is 10.2. The lowest BCUT2D eigenvalue weighted by molar-refractivity contribution is -0.384. The topological polar surface area (TPSA) is 94.9 Å². The summed E-state index contributed by atoms with van der Waals surface area (Å²) >= 11 is 7.20. The quantitative estimate of drug-likeness (QED) is 0.686. The summed E-state index contributed by atoms with van der Waals surface area (Å²) in [5.41, 5.74) is 5.96. The van der Waals surface area contributed by atoms with Gasteiger partial charge in [0, 0.05) is 29.1 Å². The first kappa shape index (κ1) is 12.9. The fraction of sp³-hybridized carbons (Fsp3) is 0.200. The number of nitrogens with zero attached hydrogens (tertiary/aromatic N) is 3. The molecule has 0 fully saturated rings. The summed E-state index contributed by atoms with van der Waals surface area (Å²) < 4.78 is 0. The molecule has 0 radical (unpaired) electrons. The number of hydrogen-bond donors (Lipinski definition) is 1. The van der Waals surface area contributed by atoms with Crippen LogP contribution in [0.25, 0.3) is 10.6 Å². The number of nitro benzene ring substituents is 1. The van der Waals surface area contributed by atoms with E-state index in [0.717, 1.165) is 5.01 Å². The van der Waals surface area contributed by atoms with Gasteiger partial charge in [-0.15, -0.1) is 10.2 Å². The van der Waals surface area contributed by atoms with Gasteiger partial charge in [0.2, 0.25) is 0 Å². The predicted octanol–water partition coefficient (Wildman–Crippen LogP) is 2.27. The molecule has 2 aromatic rings. The SMILES string of the molecule is NCCc1nnc(-c2cc(Cl)cc([N+](=O)[O-])c2)s1. The van der Waals surface area contributed by atoms with Gasteiger partial charge in [-0.1, -0.05) is 22.9 Å². The average molecular weight is 285 g/mol. The van der Waals surface area contributed by atoms with E-state index >= 15 is 0 Å². The molecule has 0 aliphatic heterocycles. The number of non-ortho nitro benzene ring substituents is 1. The number of nitrogens with two attached hydrogens (primary N) is 1. The van der Waals surface area contributed by atoms with Crippen LogP contribution in [0.1, 0.15) is 5.01 Å². The Balaban J connectivity index is 2.39. The van der Waals surface area contributed by atoms with E-state index in [2.05, 4.69) is 10.2 Å². The van der Waals surface area contributed by atoms with Crippen LogP contribution in [0.5, 0.6) is 0 Å². The van der Waals surface area contributed by atoms with Gasteiger partial charge in [-0.25, -0.2) is 0 Å². The molecule has 18 heavy (non-hydrogen) atoms. The van der Waals surface area contributed by atoms with Crippen molar-refractivity contribution in [2.45, 2.75) is 6.42 Å². The van der Waals surface area contributed by atoms with Crippen molar-refractivity contribution in [1.82, 2.24) is 10.2 Å². The number of aromatic nitrogens is 2.